The van der Waals surface area contributed by atoms with E-state index in [2.05, 4.69) is 0 Å². The molecule has 104 valence electrons. The van der Waals surface area contributed by atoms with Gasteiger partial charge in [-0.2, -0.15) is 0 Å². The predicted octanol–water partition coefficient (Wildman–Crippen LogP) is 0.656. The number of carbonyl (C=O) groups is 1. The number of hydrogen-bond donors (Lipinski definition) is 1. The molecule has 0 aliphatic rings. The van der Waals surface area contributed by atoms with Gasteiger partial charge in [-0.15, -0.1) is 0 Å². The molecule has 0 saturated carbocycles. The quantitative estimate of drug-likeness (QED) is 0.321. The monoisotopic (exact) mass is 268 g/mol. The van der Waals surface area contributed by atoms with Crippen molar-refractivity contribution in [1.82, 2.24) is 0 Å². The molecule has 0 aliphatic carbocycles. The third-order valence-electron chi connectivity index (χ3n) is 2.25. The topological polar surface area (TPSA) is 105 Å². The number of nitro groups is 1. The molecule has 7 nitrogen and oxygen atoms in total. The van der Waals surface area contributed by atoms with Crippen LogP contribution in [0.3, 0.4) is 0 Å². The van der Waals surface area contributed by atoms with E-state index in [0.29, 0.717) is 25.3 Å². The molecule has 0 aromatic heterocycles. The third-order valence-corrected chi connectivity index (χ3v) is 2.25. The first-order valence-corrected chi connectivity index (χ1v) is 5.80. The molecule has 1 aromatic carbocycles. The molecule has 0 unspecified atom stereocenters. The van der Waals surface area contributed by atoms with E-state index in [1.54, 1.807) is 0 Å². The van der Waals surface area contributed by atoms with Crippen LogP contribution in [0.4, 0.5) is 5.69 Å². The SMILES string of the molecule is NCCOCCOC(=O)Cc1ccc([N+](=O)[O-])cc1. The first-order valence-electron chi connectivity index (χ1n) is 5.80. The molecule has 1 rings (SSSR count). The minimum absolute atomic E-state index is 0.00713. The molecule has 2 N–H and O–H groups in total. The lowest BCUT2D eigenvalue weighted by Crippen LogP contribution is -2.15. The average molecular weight is 268 g/mol. The van der Waals surface area contributed by atoms with Crippen LogP contribution in [0.1, 0.15) is 5.56 Å². The third kappa shape index (κ3) is 5.94. The predicted molar refractivity (Wildman–Crippen MR) is 67.6 cm³/mol. The highest BCUT2D eigenvalue weighted by Crippen LogP contribution is 2.12. The van der Waals surface area contributed by atoms with E-state index in [9.17, 15) is 14.9 Å². The number of rotatable bonds is 8. The van der Waals surface area contributed by atoms with Crippen LogP contribution in [0, 0.1) is 10.1 Å². The Hall–Kier alpha value is -1.99. The van der Waals surface area contributed by atoms with Crippen molar-refractivity contribution in [3.63, 3.8) is 0 Å². The zero-order chi connectivity index (χ0) is 14.1. The van der Waals surface area contributed by atoms with Gasteiger partial charge in [0.2, 0.25) is 0 Å². The molecule has 19 heavy (non-hydrogen) atoms. The van der Waals surface area contributed by atoms with Crippen LogP contribution in [0.5, 0.6) is 0 Å². The van der Waals surface area contributed by atoms with Crippen molar-refractivity contribution >= 4 is 11.7 Å². The van der Waals surface area contributed by atoms with Gasteiger partial charge in [0.15, 0.2) is 0 Å². The van der Waals surface area contributed by atoms with Gasteiger partial charge in [-0.05, 0) is 5.56 Å². The van der Waals surface area contributed by atoms with Crippen LogP contribution in [0.15, 0.2) is 24.3 Å². The summed E-state index contributed by atoms with van der Waals surface area (Å²) >= 11 is 0. The molecule has 0 heterocycles. The number of benzene rings is 1. The maximum Gasteiger partial charge on any atom is 0.310 e. The standard InChI is InChI=1S/C12H16N2O5/c13-5-6-18-7-8-19-12(15)9-10-1-3-11(4-2-10)14(16)17/h1-4H,5-9,13H2. The lowest BCUT2D eigenvalue weighted by molar-refractivity contribution is -0.384. The minimum Gasteiger partial charge on any atom is -0.463 e. The van der Waals surface area contributed by atoms with Crippen molar-refractivity contribution in [2.24, 2.45) is 5.73 Å². The lowest BCUT2D eigenvalue weighted by atomic mass is 10.1. The zero-order valence-corrected chi connectivity index (χ0v) is 10.4. The highest BCUT2D eigenvalue weighted by atomic mass is 16.6. The fraction of sp³-hybridized carbons (Fsp3) is 0.417. The summed E-state index contributed by atoms with van der Waals surface area (Å²) in [5, 5.41) is 10.5. The van der Waals surface area contributed by atoms with Crippen LogP contribution in [0.2, 0.25) is 0 Å². The fourth-order valence-corrected chi connectivity index (χ4v) is 1.35. The van der Waals surface area contributed by atoms with Crippen molar-refractivity contribution in [2.45, 2.75) is 6.42 Å². The second-order valence-electron chi connectivity index (χ2n) is 3.72. The van der Waals surface area contributed by atoms with Crippen molar-refractivity contribution in [3.8, 4) is 0 Å². The van der Waals surface area contributed by atoms with E-state index in [-0.39, 0.29) is 18.7 Å². The second-order valence-corrected chi connectivity index (χ2v) is 3.72. The van der Waals surface area contributed by atoms with Crippen LogP contribution in [0.25, 0.3) is 0 Å². The summed E-state index contributed by atoms with van der Waals surface area (Å²) in [7, 11) is 0. The highest BCUT2D eigenvalue weighted by Gasteiger charge is 2.08. The van der Waals surface area contributed by atoms with Crippen molar-refractivity contribution in [3.05, 3.63) is 39.9 Å². The number of esters is 1. The Morgan fingerprint density at radius 1 is 1.21 bits per heavy atom. The molecule has 0 spiro atoms. The first kappa shape index (κ1) is 15.1. The lowest BCUT2D eigenvalue weighted by Gasteiger charge is -2.05. The van der Waals surface area contributed by atoms with Crippen LogP contribution in [-0.2, 0) is 20.7 Å². The van der Waals surface area contributed by atoms with Gasteiger partial charge in [0.05, 0.1) is 24.6 Å². The molecule has 0 aliphatic heterocycles. The highest BCUT2D eigenvalue weighted by molar-refractivity contribution is 5.72. The number of non-ortho nitro benzene ring substituents is 1. The largest absolute Gasteiger partial charge is 0.463 e. The smallest absolute Gasteiger partial charge is 0.310 e. The molecule has 0 saturated heterocycles. The maximum absolute atomic E-state index is 11.4. The van der Waals surface area contributed by atoms with Gasteiger partial charge in [0.1, 0.15) is 6.61 Å². The second kappa shape index (κ2) is 8.17. The Bertz CT molecular complexity index is 419. The number of hydrogen-bond acceptors (Lipinski definition) is 6. The Balaban J connectivity index is 2.30. The van der Waals surface area contributed by atoms with Gasteiger partial charge in [-0.3, -0.25) is 14.9 Å². The summed E-state index contributed by atoms with van der Waals surface area (Å²) < 4.78 is 9.98. The summed E-state index contributed by atoms with van der Waals surface area (Å²) in [6.45, 7) is 1.34. The number of nitrogens with two attached hydrogens (primary N) is 1. The number of nitrogens with zero attached hydrogens (tertiary/aromatic N) is 1. The molecule has 0 amide bonds. The van der Waals surface area contributed by atoms with Crippen LogP contribution in [-0.4, -0.2) is 37.3 Å². The van der Waals surface area contributed by atoms with E-state index in [1.165, 1.54) is 24.3 Å². The van der Waals surface area contributed by atoms with Crippen molar-refractivity contribution in [1.29, 1.82) is 0 Å². The molecular formula is C12H16N2O5. The Morgan fingerprint density at radius 2 is 1.89 bits per heavy atom. The summed E-state index contributed by atoms with van der Waals surface area (Å²) in [5.41, 5.74) is 5.88. The van der Waals surface area contributed by atoms with E-state index in [0.717, 1.165) is 0 Å². The van der Waals surface area contributed by atoms with E-state index >= 15 is 0 Å². The number of nitro benzene ring substituents is 1. The summed E-state index contributed by atoms with van der Waals surface area (Å²) in [6, 6.07) is 5.77. The molecule has 0 fully saturated rings. The summed E-state index contributed by atoms with van der Waals surface area (Å²) in [5.74, 6) is -0.398. The number of carbonyl (C=O) groups excluding carboxylic acids is 1. The molecule has 7 heteroatoms. The van der Waals surface area contributed by atoms with Gasteiger partial charge in [0, 0.05) is 18.7 Å². The van der Waals surface area contributed by atoms with Crippen LogP contribution < -0.4 is 5.73 Å². The van der Waals surface area contributed by atoms with Gasteiger partial charge >= 0.3 is 5.97 Å². The zero-order valence-electron chi connectivity index (χ0n) is 10.4. The van der Waals surface area contributed by atoms with E-state index in [1.807, 2.05) is 0 Å². The normalized spacial score (nSPS) is 10.2. The van der Waals surface area contributed by atoms with Crippen molar-refractivity contribution < 1.29 is 19.2 Å². The minimum atomic E-state index is -0.489. The number of ether oxygens (including phenoxy) is 2. The summed E-state index contributed by atoms with van der Waals surface area (Å²) in [6.07, 6.45) is 0.0783. The average Bonchev–Trinajstić information content (AvgIpc) is 2.39. The van der Waals surface area contributed by atoms with Gasteiger partial charge < -0.3 is 15.2 Å². The molecule has 0 atom stereocenters. The fourth-order valence-electron chi connectivity index (χ4n) is 1.35. The van der Waals surface area contributed by atoms with E-state index < -0.39 is 10.9 Å². The summed E-state index contributed by atoms with van der Waals surface area (Å²) in [4.78, 5) is 21.4. The Morgan fingerprint density at radius 3 is 2.47 bits per heavy atom. The van der Waals surface area contributed by atoms with Gasteiger partial charge in [-0.25, -0.2) is 0 Å². The van der Waals surface area contributed by atoms with Gasteiger partial charge in [-0.1, -0.05) is 12.1 Å². The Labute approximate surface area is 110 Å². The first-order chi connectivity index (χ1) is 9.13. The molecule has 0 radical (unpaired) electrons. The molecular weight excluding hydrogens is 252 g/mol. The maximum atomic E-state index is 11.4. The van der Waals surface area contributed by atoms with Crippen LogP contribution >= 0.6 is 0 Å². The molecule has 1 aromatic rings. The van der Waals surface area contributed by atoms with Gasteiger partial charge in [0.25, 0.3) is 5.69 Å². The van der Waals surface area contributed by atoms with E-state index in [4.69, 9.17) is 15.2 Å². The van der Waals surface area contributed by atoms with Crippen molar-refractivity contribution in [2.75, 3.05) is 26.4 Å². The Kier molecular flexibility index (Phi) is 6.48. The molecule has 0 bridgehead atoms.